The Kier molecular flexibility index (Phi) is 8.06. The van der Waals surface area contributed by atoms with E-state index in [-0.39, 0.29) is 0 Å². The van der Waals surface area contributed by atoms with Crippen molar-refractivity contribution in [3.05, 3.63) is 35.9 Å². The standard InChI is InChI=1S/C19H29NO5/c1-13(25-19(3,4)5)16(18(22)23-6)20-17(21)14(2)24-12-15-10-8-7-9-11-15/h7-11,13-14,16H,12H2,1-6H3,(H,20,21)/t13-,14?,16-/m0/s1. The Morgan fingerprint density at radius 3 is 2.24 bits per heavy atom. The van der Waals surface area contributed by atoms with Crippen LogP contribution in [0.2, 0.25) is 0 Å². The lowest BCUT2D eigenvalue weighted by atomic mass is 10.1. The van der Waals surface area contributed by atoms with E-state index in [0.717, 1.165) is 5.56 Å². The molecule has 0 aliphatic carbocycles. The van der Waals surface area contributed by atoms with E-state index >= 15 is 0 Å². The normalized spacial score (nSPS) is 15.1. The van der Waals surface area contributed by atoms with Crippen LogP contribution in [0.5, 0.6) is 0 Å². The maximum absolute atomic E-state index is 12.4. The zero-order valence-electron chi connectivity index (χ0n) is 15.9. The number of benzene rings is 1. The average molecular weight is 351 g/mol. The number of esters is 1. The van der Waals surface area contributed by atoms with Gasteiger partial charge >= 0.3 is 5.97 Å². The van der Waals surface area contributed by atoms with Crippen molar-refractivity contribution in [1.29, 1.82) is 0 Å². The Hall–Kier alpha value is -1.92. The van der Waals surface area contributed by atoms with Crippen molar-refractivity contribution in [2.45, 2.75) is 65.1 Å². The molecule has 140 valence electrons. The summed E-state index contributed by atoms with van der Waals surface area (Å²) < 4.78 is 16.1. The third-order valence-electron chi connectivity index (χ3n) is 3.47. The van der Waals surface area contributed by atoms with Crippen LogP contribution in [0.3, 0.4) is 0 Å². The van der Waals surface area contributed by atoms with Gasteiger partial charge in [-0.15, -0.1) is 0 Å². The second-order valence-electron chi connectivity index (χ2n) is 6.88. The molecule has 0 fully saturated rings. The highest BCUT2D eigenvalue weighted by atomic mass is 16.5. The highest BCUT2D eigenvalue weighted by Gasteiger charge is 2.32. The van der Waals surface area contributed by atoms with Gasteiger partial charge in [-0.1, -0.05) is 30.3 Å². The zero-order chi connectivity index (χ0) is 19.0. The van der Waals surface area contributed by atoms with Gasteiger partial charge in [0.2, 0.25) is 5.91 Å². The van der Waals surface area contributed by atoms with Crippen molar-refractivity contribution >= 4 is 11.9 Å². The number of methoxy groups -OCH3 is 1. The van der Waals surface area contributed by atoms with Crippen molar-refractivity contribution in [1.82, 2.24) is 5.32 Å². The highest BCUT2D eigenvalue weighted by molar-refractivity contribution is 5.87. The molecular weight excluding hydrogens is 322 g/mol. The smallest absolute Gasteiger partial charge is 0.331 e. The number of ether oxygens (including phenoxy) is 3. The molecule has 25 heavy (non-hydrogen) atoms. The van der Waals surface area contributed by atoms with Crippen molar-refractivity contribution in [2.75, 3.05) is 7.11 Å². The number of carbonyl (C=O) groups is 2. The molecular formula is C19H29NO5. The van der Waals surface area contributed by atoms with Gasteiger partial charge in [-0.25, -0.2) is 4.79 Å². The molecule has 0 heterocycles. The van der Waals surface area contributed by atoms with Crippen molar-refractivity contribution in [3.8, 4) is 0 Å². The molecule has 1 amide bonds. The van der Waals surface area contributed by atoms with Gasteiger partial charge in [0.05, 0.1) is 25.4 Å². The number of carbonyl (C=O) groups excluding carboxylic acids is 2. The lowest BCUT2D eigenvalue weighted by Crippen LogP contribution is -2.53. The van der Waals surface area contributed by atoms with Crippen LogP contribution in [0, 0.1) is 0 Å². The first kappa shape index (κ1) is 21.1. The van der Waals surface area contributed by atoms with Gasteiger partial charge in [-0.2, -0.15) is 0 Å². The van der Waals surface area contributed by atoms with Crippen LogP contribution in [0.4, 0.5) is 0 Å². The molecule has 0 bridgehead atoms. The molecule has 1 aromatic carbocycles. The molecule has 0 aliphatic heterocycles. The molecule has 3 atom stereocenters. The molecule has 1 aromatic rings. The first-order valence-electron chi connectivity index (χ1n) is 8.35. The lowest BCUT2D eigenvalue weighted by Gasteiger charge is -2.30. The Morgan fingerprint density at radius 1 is 1.12 bits per heavy atom. The van der Waals surface area contributed by atoms with Gasteiger partial charge in [-0.3, -0.25) is 4.79 Å². The van der Waals surface area contributed by atoms with E-state index in [1.54, 1.807) is 13.8 Å². The predicted molar refractivity (Wildman–Crippen MR) is 94.9 cm³/mol. The molecule has 6 heteroatoms. The maximum atomic E-state index is 12.4. The minimum Gasteiger partial charge on any atom is -0.467 e. The fourth-order valence-electron chi connectivity index (χ4n) is 2.26. The number of hydrogen-bond acceptors (Lipinski definition) is 5. The van der Waals surface area contributed by atoms with Crippen LogP contribution in [0.15, 0.2) is 30.3 Å². The third-order valence-corrected chi connectivity index (χ3v) is 3.47. The quantitative estimate of drug-likeness (QED) is 0.728. The van der Waals surface area contributed by atoms with Crippen molar-refractivity contribution < 1.29 is 23.8 Å². The van der Waals surface area contributed by atoms with Gasteiger partial charge in [0.25, 0.3) is 0 Å². The number of amides is 1. The minimum atomic E-state index is -0.903. The summed E-state index contributed by atoms with van der Waals surface area (Å²) in [6, 6.07) is 8.66. The molecule has 0 spiro atoms. The SMILES string of the molecule is COC(=O)[C@@H](NC(=O)C(C)OCc1ccccc1)[C@H](C)OC(C)(C)C. The molecule has 0 aromatic heterocycles. The Morgan fingerprint density at radius 2 is 1.72 bits per heavy atom. The minimum absolute atomic E-state index is 0.312. The van der Waals surface area contributed by atoms with Crippen LogP contribution in [-0.4, -0.2) is 42.8 Å². The van der Waals surface area contributed by atoms with E-state index in [9.17, 15) is 9.59 Å². The number of rotatable bonds is 8. The molecule has 6 nitrogen and oxygen atoms in total. The Labute approximate surface area is 149 Å². The lowest BCUT2D eigenvalue weighted by molar-refractivity contribution is -0.155. The first-order valence-corrected chi connectivity index (χ1v) is 8.35. The monoisotopic (exact) mass is 351 g/mol. The molecule has 0 saturated heterocycles. The summed E-state index contributed by atoms with van der Waals surface area (Å²) >= 11 is 0. The average Bonchev–Trinajstić information content (AvgIpc) is 2.55. The van der Waals surface area contributed by atoms with Crippen LogP contribution in [-0.2, 0) is 30.4 Å². The van der Waals surface area contributed by atoms with Crippen LogP contribution in [0.1, 0.15) is 40.2 Å². The van der Waals surface area contributed by atoms with E-state index in [2.05, 4.69) is 5.32 Å². The van der Waals surface area contributed by atoms with E-state index < -0.39 is 35.7 Å². The molecule has 1 rings (SSSR count). The molecule has 0 aliphatic rings. The van der Waals surface area contributed by atoms with E-state index in [4.69, 9.17) is 14.2 Å². The zero-order valence-corrected chi connectivity index (χ0v) is 15.9. The maximum Gasteiger partial charge on any atom is 0.331 e. The molecule has 1 N–H and O–H groups in total. The third kappa shape index (κ3) is 7.67. The largest absolute Gasteiger partial charge is 0.467 e. The first-order chi connectivity index (χ1) is 11.6. The van der Waals surface area contributed by atoms with Crippen LogP contribution < -0.4 is 5.32 Å². The van der Waals surface area contributed by atoms with Crippen LogP contribution in [0.25, 0.3) is 0 Å². The fourth-order valence-corrected chi connectivity index (χ4v) is 2.26. The van der Waals surface area contributed by atoms with Crippen LogP contribution >= 0.6 is 0 Å². The second-order valence-corrected chi connectivity index (χ2v) is 6.88. The van der Waals surface area contributed by atoms with E-state index in [1.807, 2.05) is 51.1 Å². The molecule has 0 saturated carbocycles. The molecule has 1 unspecified atom stereocenters. The second kappa shape index (κ2) is 9.53. The Bertz CT molecular complexity index is 553. The summed E-state index contributed by atoms with van der Waals surface area (Å²) in [4.78, 5) is 24.4. The van der Waals surface area contributed by atoms with Gasteiger partial charge < -0.3 is 19.5 Å². The summed E-state index contributed by atoms with van der Waals surface area (Å²) in [6.07, 6.45) is -1.26. The van der Waals surface area contributed by atoms with Gasteiger partial charge in [0, 0.05) is 0 Å². The summed E-state index contributed by atoms with van der Waals surface area (Å²) in [5.41, 5.74) is 0.516. The van der Waals surface area contributed by atoms with Crippen molar-refractivity contribution in [2.24, 2.45) is 0 Å². The fraction of sp³-hybridized carbons (Fsp3) is 0.579. The van der Waals surface area contributed by atoms with Crippen molar-refractivity contribution in [3.63, 3.8) is 0 Å². The molecule has 0 radical (unpaired) electrons. The highest BCUT2D eigenvalue weighted by Crippen LogP contribution is 2.14. The van der Waals surface area contributed by atoms with Gasteiger partial charge in [0.15, 0.2) is 6.04 Å². The number of nitrogens with one attached hydrogen (secondary N) is 1. The van der Waals surface area contributed by atoms with Gasteiger partial charge in [-0.05, 0) is 40.2 Å². The Balaban J connectivity index is 2.65. The summed E-state index contributed by atoms with van der Waals surface area (Å²) in [5.74, 6) is -0.948. The number of hydrogen-bond donors (Lipinski definition) is 1. The summed E-state index contributed by atoms with van der Waals surface area (Å²) in [7, 11) is 1.28. The van der Waals surface area contributed by atoms with E-state index in [1.165, 1.54) is 7.11 Å². The summed E-state index contributed by atoms with van der Waals surface area (Å²) in [6.45, 7) is 9.32. The summed E-state index contributed by atoms with van der Waals surface area (Å²) in [5, 5.41) is 2.66. The predicted octanol–water partition coefficient (Wildman–Crippen LogP) is 2.45. The van der Waals surface area contributed by atoms with E-state index in [0.29, 0.717) is 6.61 Å². The van der Waals surface area contributed by atoms with Gasteiger partial charge in [0.1, 0.15) is 6.10 Å². The topological polar surface area (TPSA) is 73.9 Å².